The van der Waals surface area contributed by atoms with E-state index in [0.29, 0.717) is 0 Å². The molecular weight excluding hydrogens is 250 g/mol. The average Bonchev–Trinajstić information content (AvgIpc) is 1.77. The summed E-state index contributed by atoms with van der Waals surface area (Å²) in [7, 11) is -10.7. The van der Waals surface area contributed by atoms with Gasteiger partial charge in [-0.3, -0.25) is 13.3 Å². The highest BCUT2D eigenvalue weighted by atomic mass is 32.2. The normalized spacial score (nSPS) is 16.2. The fourth-order valence-corrected chi connectivity index (χ4v) is 3.41. The van der Waals surface area contributed by atoms with Crippen molar-refractivity contribution < 1.29 is 41.6 Å². The molecule has 0 rings (SSSR count). The first-order valence-electron chi connectivity index (χ1n) is 2.42. The van der Waals surface area contributed by atoms with Gasteiger partial charge in [0.15, 0.2) is 0 Å². The first kappa shape index (κ1) is 13.4. The second-order valence-corrected chi connectivity index (χ2v) is 6.11. The zero-order valence-electron chi connectivity index (χ0n) is 5.71. The van der Waals surface area contributed by atoms with Crippen LogP contribution in [0.25, 0.3) is 0 Å². The van der Waals surface area contributed by atoms with E-state index in [1.807, 2.05) is 0 Å². The van der Waals surface area contributed by atoms with Gasteiger partial charge in [0.05, 0.1) is 11.4 Å². The third-order valence-electron chi connectivity index (χ3n) is 0.740. The van der Waals surface area contributed by atoms with E-state index in [9.17, 15) is 17.9 Å². The third-order valence-corrected chi connectivity index (χ3v) is 4.54. The Balaban J connectivity index is 4.90. The van der Waals surface area contributed by atoms with Crippen molar-refractivity contribution in [1.29, 1.82) is 0 Å². The van der Waals surface area contributed by atoms with E-state index >= 15 is 0 Å². The first-order valence-corrected chi connectivity index (χ1v) is 6.78. The van der Waals surface area contributed by atoms with Crippen LogP contribution in [0.4, 0.5) is 0 Å². The van der Waals surface area contributed by atoms with Gasteiger partial charge in [-0.25, -0.2) is 4.21 Å². The molecule has 1 unspecified atom stereocenters. The molecule has 13 heavy (non-hydrogen) atoms. The van der Waals surface area contributed by atoms with E-state index in [1.165, 1.54) is 0 Å². The topological polar surface area (TPSA) is 164 Å². The quantitative estimate of drug-likeness (QED) is 0.343. The highest BCUT2D eigenvalue weighted by molar-refractivity contribution is 7.76. The molecule has 0 bridgehead atoms. The summed E-state index contributed by atoms with van der Waals surface area (Å²) in [5, 5.41) is 0. The molecule has 0 aromatic rings. The van der Waals surface area contributed by atoms with Crippen molar-refractivity contribution in [3.05, 3.63) is 0 Å². The Labute approximate surface area is 74.5 Å². The van der Waals surface area contributed by atoms with Crippen molar-refractivity contribution in [3.63, 3.8) is 0 Å². The largest absolute Gasteiger partial charge is 0.750 e. The van der Waals surface area contributed by atoms with E-state index < -0.39 is 32.1 Å². The van der Waals surface area contributed by atoms with Crippen LogP contribution in [0.5, 0.6) is 0 Å². The van der Waals surface area contributed by atoms with E-state index in [4.69, 9.17) is 19.6 Å². The van der Waals surface area contributed by atoms with Crippen molar-refractivity contribution in [3.8, 4) is 0 Å². The molecule has 0 amide bonds. The summed E-state index contributed by atoms with van der Waals surface area (Å²) in [5.41, 5.74) is -2.97. The molecule has 0 aliphatic carbocycles. The zero-order valence-corrected chi connectivity index (χ0v) is 8.32. The summed E-state index contributed by atoms with van der Waals surface area (Å²) in [6.07, 6.45) is 0. The number of hydrogen-bond donors (Lipinski definition) is 4. The van der Waals surface area contributed by atoms with Crippen LogP contribution in [0, 0.1) is 0 Å². The van der Waals surface area contributed by atoms with Crippen molar-refractivity contribution in [2.75, 3.05) is 0 Å². The van der Waals surface area contributed by atoms with E-state index in [0.717, 1.165) is 0 Å². The molecule has 12 heteroatoms. The molecule has 0 saturated carbocycles. The van der Waals surface area contributed by atoms with Gasteiger partial charge in [-0.2, -0.15) is 0 Å². The lowest BCUT2D eigenvalue weighted by atomic mass is 11.7. The molecule has 0 heterocycles. The molecule has 4 N–H and O–H groups in total. The molecule has 9 nitrogen and oxygen atoms in total. The maximum absolute atomic E-state index is 10.3. The molecule has 0 radical (unpaired) electrons. The van der Waals surface area contributed by atoms with E-state index in [1.54, 1.807) is 0 Å². The van der Waals surface area contributed by atoms with Crippen LogP contribution in [0.15, 0.2) is 0 Å². The van der Waals surface area contributed by atoms with Crippen LogP contribution in [-0.4, -0.2) is 33.9 Å². The van der Waals surface area contributed by atoms with Gasteiger partial charge in [0.2, 0.25) is 0 Å². The molecule has 0 aliphatic heterocycles. The second kappa shape index (κ2) is 4.26. The fraction of sp³-hybridized carbons (Fsp3) is 1.00. The van der Waals surface area contributed by atoms with Crippen molar-refractivity contribution in [2.45, 2.75) is 5.59 Å². The highest BCUT2D eigenvalue weighted by Gasteiger charge is 2.45. The number of rotatable bonds is 4. The third kappa shape index (κ3) is 4.96. The molecule has 0 aromatic heterocycles. The molecule has 0 fully saturated rings. The highest BCUT2D eigenvalue weighted by Crippen LogP contribution is 2.60. The smallest absolute Gasteiger partial charge is 0.367 e. The predicted molar refractivity (Wildman–Crippen MR) is 37.9 cm³/mol. The standard InChI is InChI=1S/CH6O9P2S/c2-11(3,4)1(10-13(8)9)12(5,6)7/h1H,(H,8,9)(H2,2,3,4)(H2,5,6,7)/p-1. The summed E-state index contributed by atoms with van der Waals surface area (Å²) < 4.78 is 43.6. The lowest BCUT2D eigenvalue weighted by Crippen LogP contribution is -2.15. The number of hydrogen-bond acceptors (Lipinski definition) is 5. The van der Waals surface area contributed by atoms with Gasteiger partial charge in [-0.05, 0) is 0 Å². The lowest BCUT2D eigenvalue weighted by molar-refractivity contribution is 0.232. The Bertz CT molecular complexity index is 262. The molecule has 80 valence electrons. The summed E-state index contributed by atoms with van der Waals surface area (Å²) in [5.74, 6) is 0. The van der Waals surface area contributed by atoms with Gasteiger partial charge in [0, 0.05) is 0 Å². The van der Waals surface area contributed by atoms with Crippen molar-refractivity contribution >= 4 is 26.6 Å². The van der Waals surface area contributed by atoms with E-state index in [-0.39, 0.29) is 0 Å². The summed E-state index contributed by atoms with van der Waals surface area (Å²) in [4.78, 5) is 33.1. The minimum absolute atomic E-state index is 2.97. The van der Waals surface area contributed by atoms with Crippen LogP contribution in [0.2, 0.25) is 0 Å². The minimum Gasteiger partial charge on any atom is -0.750 e. The lowest BCUT2D eigenvalue weighted by Gasteiger charge is -2.19. The Morgan fingerprint density at radius 2 is 1.46 bits per heavy atom. The van der Waals surface area contributed by atoms with Gasteiger partial charge in [0.1, 0.15) is 0 Å². The maximum atomic E-state index is 10.3. The van der Waals surface area contributed by atoms with Gasteiger partial charge < -0.3 is 24.1 Å². The average molecular weight is 255 g/mol. The zero-order chi connectivity index (χ0) is 10.9. The van der Waals surface area contributed by atoms with Crippen LogP contribution in [0.1, 0.15) is 0 Å². The molecule has 0 aliphatic rings. The molecular formula is CH5O9P2S-. The Kier molecular flexibility index (Phi) is 4.38. The predicted octanol–water partition coefficient (Wildman–Crippen LogP) is -1.56. The van der Waals surface area contributed by atoms with Crippen molar-refractivity contribution in [1.82, 2.24) is 0 Å². The van der Waals surface area contributed by atoms with Crippen LogP contribution < -0.4 is 0 Å². The van der Waals surface area contributed by atoms with Gasteiger partial charge in [0.25, 0.3) is 5.59 Å². The Morgan fingerprint density at radius 1 is 1.15 bits per heavy atom. The Morgan fingerprint density at radius 3 is 1.54 bits per heavy atom. The Hall–Kier alpha value is 0.370. The summed E-state index contributed by atoms with van der Waals surface area (Å²) in [6, 6.07) is 0. The van der Waals surface area contributed by atoms with Crippen LogP contribution in [0.3, 0.4) is 0 Å². The molecule has 0 aromatic carbocycles. The van der Waals surface area contributed by atoms with Gasteiger partial charge >= 0.3 is 15.2 Å². The molecule has 1 atom stereocenters. The second-order valence-electron chi connectivity index (χ2n) is 1.80. The monoisotopic (exact) mass is 255 g/mol. The molecule has 0 saturated heterocycles. The summed E-state index contributed by atoms with van der Waals surface area (Å²) in [6.45, 7) is 0. The molecule has 0 spiro atoms. The van der Waals surface area contributed by atoms with E-state index in [2.05, 4.69) is 4.18 Å². The van der Waals surface area contributed by atoms with Crippen LogP contribution >= 0.6 is 15.2 Å². The van der Waals surface area contributed by atoms with Crippen LogP contribution in [-0.2, 0) is 24.7 Å². The van der Waals surface area contributed by atoms with Crippen molar-refractivity contribution in [2.24, 2.45) is 0 Å². The minimum atomic E-state index is -5.33. The summed E-state index contributed by atoms with van der Waals surface area (Å²) >= 11 is -3.42. The fourth-order valence-electron chi connectivity index (χ4n) is 0.378. The van der Waals surface area contributed by atoms with Gasteiger partial charge in [-0.15, -0.1) is 0 Å². The first-order chi connectivity index (χ1) is 5.55. The maximum Gasteiger partial charge on any atom is 0.367 e. The SMILES string of the molecule is O=S([O-])OC(P(=O)(O)O)P(=O)(O)O. The van der Waals surface area contributed by atoms with Gasteiger partial charge in [-0.1, -0.05) is 0 Å².